The first-order chi connectivity index (χ1) is 22.5. The first-order valence-electron chi connectivity index (χ1n) is 15.0. The monoisotopic (exact) mass is 656 g/mol. The van der Waals surface area contributed by atoms with Crippen molar-refractivity contribution in [2.75, 3.05) is 6.61 Å². The number of carbonyl (C=O) groups is 1. The number of non-ortho nitro benzene ring substituents is 1. The van der Waals surface area contributed by atoms with E-state index in [-0.39, 0.29) is 23.7 Å². The molecule has 12 nitrogen and oxygen atoms in total. The average Bonchev–Trinajstić information content (AvgIpc) is 3.34. The SMILES string of the molecule is CCCC1=C(C(=O)OCC)[C@@H](c2ccc(C(C)C)cc2)n2c(s/c(=C/c3cccc(Oc4ccc([N+](=O)[O-])cc4[N+](=O)[O-])c3)c2=O)=N1. The second-order valence-electron chi connectivity index (χ2n) is 11.1. The summed E-state index contributed by atoms with van der Waals surface area (Å²) < 4.78 is 13.1. The molecule has 1 aliphatic heterocycles. The summed E-state index contributed by atoms with van der Waals surface area (Å²) in [4.78, 5) is 54.0. The zero-order chi connectivity index (χ0) is 33.8. The molecule has 1 aliphatic rings. The molecule has 0 N–H and O–H groups in total. The lowest BCUT2D eigenvalue weighted by Gasteiger charge is -2.26. The standard InChI is InChI=1S/C34H32N4O8S/c1-5-8-26-30(33(40)45-6-2)31(23-13-11-22(12-14-23)20(3)4)36-32(39)29(47-34(36)35-26)18-21-9-7-10-25(17-21)46-28-16-15-24(37(41)42)19-27(28)38(43)44/h7,9-20,31H,5-6,8H2,1-4H3/b29-18+/t31-/m1/s1. The van der Waals surface area contributed by atoms with E-state index in [1.54, 1.807) is 37.3 Å². The van der Waals surface area contributed by atoms with Crippen LogP contribution in [0.15, 0.2) is 87.8 Å². The third kappa shape index (κ3) is 6.89. The lowest BCUT2D eigenvalue weighted by atomic mass is 9.92. The normalized spacial score (nSPS) is 14.5. The molecule has 0 unspecified atom stereocenters. The molecule has 1 atom stereocenters. The topological polar surface area (TPSA) is 156 Å². The summed E-state index contributed by atoms with van der Waals surface area (Å²) in [6.45, 7) is 8.08. The summed E-state index contributed by atoms with van der Waals surface area (Å²) in [6.07, 6.45) is 2.91. The number of carbonyl (C=O) groups excluding carboxylic acids is 1. The lowest BCUT2D eigenvalue weighted by Crippen LogP contribution is -2.40. The fraction of sp³-hybridized carbons (Fsp3) is 0.265. The smallest absolute Gasteiger partial charge is 0.338 e. The quantitative estimate of drug-likeness (QED) is 0.103. The molecule has 4 aromatic rings. The van der Waals surface area contributed by atoms with Gasteiger partial charge in [0, 0.05) is 6.07 Å². The van der Waals surface area contributed by atoms with Crippen molar-refractivity contribution in [3.8, 4) is 11.5 Å². The minimum absolute atomic E-state index is 0.171. The van der Waals surface area contributed by atoms with Crippen LogP contribution in [0.2, 0.25) is 0 Å². The Morgan fingerprint density at radius 3 is 2.43 bits per heavy atom. The van der Waals surface area contributed by atoms with E-state index in [2.05, 4.69) is 13.8 Å². The van der Waals surface area contributed by atoms with Gasteiger partial charge in [-0.05, 0) is 60.2 Å². The molecular formula is C34H32N4O8S. The molecule has 0 amide bonds. The number of fused-ring (bicyclic) bond motifs is 1. The molecule has 5 rings (SSSR count). The largest absolute Gasteiger partial charge is 0.463 e. The van der Waals surface area contributed by atoms with Crippen LogP contribution >= 0.6 is 11.3 Å². The number of allylic oxidation sites excluding steroid dienone is 1. The predicted molar refractivity (Wildman–Crippen MR) is 176 cm³/mol. The number of hydrogen-bond donors (Lipinski definition) is 0. The van der Waals surface area contributed by atoms with Gasteiger partial charge in [-0.1, -0.05) is 74.9 Å². The summed E-state index contributed by atoms with van der Waals surface area (Å²) >= 11 is 1.19. The molecule has 0 bridgehead atoms. The molecule has 47 heavy (non-hydrogen) atoms. The number of nitro groups is 2. The molecule has 0 radical (unpaired) electrons. The summed E-state index contributed by atoms with van der Waals surface area (Å²) in [5.74, 6) is -0.165. The predicted octanol–water partition coefficient (Wildman–Crippen LogP) is 6.31. The molecule has 13 heteroatoms. The molecule has 0 saturated heterocycles. The minimum Gasteiger partial charge on any atom is -0.463 e. The van der Waals surface area contributed by atoms with Gasteiger partial charge in [0.05, 0.1) is 44.4 Å². The molecule has 0 saturated carbocycles. The first kappa shape index (κ1) is 32.9. The van der Waals surface area contributed by atoms with Crippen molar-refractivity contribution in [2.24, 2.45) is 4.99 Å². The van der Waals surface area contributed by atoms with Gasteiger partial charge in [0.1, 0.15) is 5.75 Å². The Morgan fingerprint density at radius 2 is 1.79 bits per heavy atom. The maximum absolute atomic E-state index is 14.1. The van der Waals surface area contributed by atoms with Crippen LogP contribution in [0.25, 0.3) is 6.08 Å². The van der Waals surface area contributed by atoms with Crippen molar-refractivity contribution >= 4 is 34.8 Å². The summed E-state index contributed by atoms with van der Waals surface area (Å²) in [7, 11) is 0. The van der Waals surface area contributed by atoms with Crippen molar-refractivity contribution < 1.29 is 24.1 Å². The van der Waals surface area contributed by atoms with Gasteiger partial charge in [-0.3, -0.25) is 29.6 Å². The second-order valence-corrected chi connectivity index (χ2v) is 12.1. The van der Waals surface area contributed by atoms with Crippen LogP contribution in [-0.4, -0.2) is 27.0 Å². The second kappa shape index (κ2) is 13.9. The summed E-state index contributed by atoms with van der Waals surface area (Å²) in [6, 6.07) is 16.8. The van der Waals surface area contributed by atoms with Crippen LogP contribution in [0.4, 0.5) is 11.4 Å². The highest BCUT2D eigenvalue weighted by Crippen LogP contribution is 2.35. The van der Waals surface area contributed by atoms with Crippen LogP contribution in [-0.2, 0) is 9.53 Å². The van der Waals surface area contributed by atoms with E-state index >= 15 is 0 Å². The van der Waals surface area contributed by atoms with E-state index in [0.29, 0.717) is 38.5 Å². The Kier molecular flexibility index (Phi) is 9.75. The van der Waals surface area contributed by atoms with Gasteiger partial charge < -0.3 is 9.47 Å². The zero-order valence-electron chi connectivity index (χ0n) is 26.2. The fourth-order valence-corrected chi connectivity index (χ4v) is 6.31. The van der Waals surface area contributed by atoms with Crippen molar-refractivity contribution in [1.29, 1.82) is 0 Å². The molecule has 0 spiro atoms. The zero-order valence-corrected chi connectivity index (χ0v) is 27.0. The molecular weight excluding hydrogens is 624 g/mol. The van der Waals surface area contributed by atoms with Gasteiger partial charge in [-0.2, -0.15) is 0 Å². The van der Waals surface area contributed by atoms with E-state index in [4.69, 9.17) is 14.5 Å². The van der Waals surface area contributed by atoms with Gasteiger partial charge in [-0.25, -0.2) is 9.79 Å². The third-order valence-electron chi connectivity index (χ3n) is 7.54. The number of esters is 1. The Balaban J connectivity index is 1.61. The number of thiazole rings is 1. The van der Waals surface area contributed by atoms with Gasteiger partial charge in [0.25, 0.3) is 11.2 Å². The molecule has 3 aromatic carbocycles. The number of aromatic nitrogens is 1. The molecule has 0 fully saturated rings. The van der Waals surface area contributed by atoms with E-state index in [1.807, 2.05) is 31.2 Å². The molecule has 1 aromatic heterocycles. The van der Waals surface area contributed by atoms with Gasteiger partial charge >= 0.3 is 11.7 Å². The van der Waals surface area contributed by atoms with Crippen molar-refractivity contribution in [3.05, 3.63) is 135 Å². The van der Waals surface area contributed by atoms with E-state index in [9.17, 15) is 29.8 Å². The van der Waals surface area contributed by atoms with Crippen LogP contribution < -0.4 is 19.6 Å². The number of hydrogen-bond acceptors (Lipinski definition) is 10. The number of nitrogens with zero attached hydrogens (tertiary/aromatic N) is 4. The first-order valence-corrected chi connectivity index (χ1v) is 15.9. The van der Waals surface area contributed by atoms with Crippen molar-refractivity contribution in [2.45, 2.75) is 52.5 Å². The molecule has 242 valence electrons. The molecule has 2 heterocycles. The maximum Gasteiger partial charge on any atom is 0.338 e. The fourth-order valence-electron chi connectivity index (χ4n) is 5.29. The van der Waals surface area contributed by atoms with Gasteiger partial charge in [0.15, 0.2) is 4.80 Å². The van der Waals surface area contributed by atoms with E-state index in [1.165, 1.54) is 22.0 Å². The third-order valence-corrected chi connectivity index (χ3v) is 8.53. The van der Waals surface area contributed by atoms with Crippen molar-refractivity contribution in [1.82, 2.24) is 4.57 Å². The Bertz CT molecular complexity index is 2080. The number of nitro benzene ring substituents is 2. The Morgan fingerprint density at radius 1 is 1.04 bits per heavy atom. The van der Waals surface area contributed by atoms with E-state index < -0.39 is 33.2 Å². The lowest BCUT2D eigenvalue weighted by molar-refractivity contribution is -0.394. The highest BCUT2D eigenvalue weighted by atomic mass is 32.1. The number of ether oxygens (including phenoxy) is 2. The van der Waals surface area contributed by atoms with Gasteiger partial charge in [-0.15, -0.1) is 0 Å². The summed E-state index contributed by atoms with van der Waals surface area (Å²) in [5, 5.41) is 22.7. The maximum atomic E-state index is 14.1. The van der Waals surface area contributed by atoms with E-state index in [0.717, 1.165) is 29.7 Å². The number of benzene rings is 3. The minimum atomic E-state index is -0.753. The average molecular weight is 657 g/mol. The summed E-state index contributed by atoms with van der Waals surface area (Å²) in [5.41, 5.74) is 2.03. The number of rotatable bonds is 11. The van der Waals surface area contributed by atoms with Crippen LogP contribution in [0.1, 0.15) is 69.2 Å². The molecule has 0 aliphatic carbocycles. The van der Waals surface area contributed by atoms with Crippen molar-refractivity contribution in [3.63, 3.8) is 0 Å². The highest BCUT2D eigenvalue weighted by Gasteiger charge is 2.34. The van der Waals surface area contributed by atoms with Crippen LogP contribution in [0.5, 0.6) is 11.5 Å². The van der Waals surface area contributed by atoms with Gasteiger partial charge in [0.2, 0.25) is 5.75 Å². The van der Waals surface area contributed by atoms with Crippen LogP contribution in [0.3, 0.4) is 0 Å². The Hall–Kier alpha value is -5.43. The van der Waals surface area contributed by atoms with Crippen LogP contribution in [0, 0.1) is 20.2 Å². The highest BCUT2D eigenvalue weighted by molar-refractivity contribution is 7.07. The Labute approximate surface area is 273 Å².